The van der Waals surface area contributed by atoms with Crippen LogP contribution < -0.4 is 19.6 Å². The molecule has 192 valence electrons. The highest BCUT2D eigenvalue weighted by atomic mass is 16.7. The van der Waals surface area contributed by atoms with Crippen LogP contribution in [0.4, 0.5) is 17.1 Å². The standard InChI is InChI=1S/C30H33N3O4/c1-4-20-36-25-18-16-23(17-19-25)32-29(34)26-27(21-12-14-22(15-13-21)31(5-2)6-3)33(37-28(26)30(32)35)24-10-8-7-9-11-24/h7-19,26-28H,4-6,20H2,1-3H3/t26-,27-,28+/m1/s1. The summed E-state index contributed by atoms with van der Waals surface area (Å²) in [4.78, 5) is 37.2. The minimum atomic E-state index is -0.892. The van der Waals surface area contributed by atoms with Crippen LogP contribution in [0.2, 0.25) is 0 Å². The lowest BCUT2D eigenvalue weighted by Crippen LogP contribution is -2.37. The van der Waals surface area contributed by atoms with Gasteiger partial charge in [-0.25, -0.2) is 9.96 Å². The lowest BCUT2D eigenvalue weighted by atomic mass is 9.90. The Morgan fingerprint density at radius 3 is 2.11 bits per heavy atom. The number of ether oxygens (including phenoxy) is 1. The summed E-state index contributed by atoms with van der Waals surface area (Å²) < 4.78 is 5.66. The van der Waals surface area contributed by atoms with Crippen molar-refractivity contribution in [3.63, 3.8) is 0 Å². The number of hydroxylamine groups is 1. The number of anilines is 3. The molecular formula is C30H33N3O4. The highest BCUT2D eigenvalue weighted by Gasteiger charge is 2.60. The minimum absolute atomic E-state index is 0.256. The molecule has 2 amide bonds. The maximum absolute atomic E-state index is 13.8. The molecule has 5 rings (SSSR count). The van der Waals surface area contributed by atoms with Crippen molar-refractivity contribution in [2.45, 2.75) is 39.3 Å². The Bertz CT molecular complexity index is 1230. The molecule has 2 saturated heterocycles. The first-order valence-electron chi connectivity index (χ1n) is 13.0. The SMILES string of the molecule is CCCOc1ccc(N2C(=O)[C@H]3[C@H](ON(c4ccccc4)[C@@H]3c3ccc(N(CC)CC)cc3)C2=O)cc1. The first kappa shape index (κ1) is 24.8. The Balaban J connectivity index is 1.48. The highest BCUT2D eigenvalue weighted by Crippen LogP contribution is 2.47. The zero-order valence-electron chi connectivity index (χ0n) is 21.5. The fourth-order valence-electron chi connectivity index (χ4n) is 5.19. The van der Waals surface area contributed by atoms with E-state index < -0.39 is 18.1 Å². The van der Waals surface area contributed by atoms with E-state index in [1.807, 2.05) is 49.4 Å². The van der Waals surface area contributed by atoms with Crippen molar-refractivity contribution >= 4 is 28.9 Å². The number of hydrogen-bond acceptors (Lipinski definition) is 6. The van der Waals surface area contributed by atoms with E-state index >= 15 is 0 Å². The van der Waals surface area contributed by atoms with Crippen LogP contribution >= 0.6 is 0 Å². The van der Waals surface area contributed by atoms with Crippen LogP contribution in [-0.4, -0.2) is 37.6 Å². The Labute approximate surface area is 218 Å². The molecule has 2 heterocycles. The zero-order valence-corrected chi connectivity index (χ0v) is 21.5. The zero-order chi connectivity index (χ0) is 25.9. The van der Waals surface area contributed by atoms with E-state index in [1.54, 1.807) is 29.3 Å². The number of carbonyl (C=O) groups is 2. The summed E-state index contributed by atoms with van der Waals surface area (Å²) >= 11 is 0. The van der Waals surface area contributed by atoms with Gasteiger partial charge in [0.2, 0.25) is 5.91 Å². The van der Waals surface area contributed by atoms with Crippen molar-refractivity contribution in [3.8, 4) is 5.75 Å². The molecule has 0 aromatic heterocycles. The van der Waals surface area contributed by atoms with Gasteiger partial charge in [0.05, 0.1) is 24.0 Å². The monoisotopic (exact) mass is 499 g/mol. The van der Waals surface area contributed by atoms with E-state index in [0.29, 0.717) is 18.0 Å². The summed E-state index contributed by atoms with van der Waals surface area (Å²) in [5.74, 6) is -0.556. The molecule has 7 nitrogen and oxygen atoms in total. The third-order valence-electron chi connectivity index (χ3n) is 7.06. The first-order chi connectivity index (χ1) is 18.1. The number of hydrogen-bond donors (Lipinski definition) is 0. The molecule has 0 N–H and O–H groups in total. The number of nitrogens with zero attached hydrogens (tertiary/aromatic N) is 3. The van der Waals surface area contributed by atoms with Gasteiger partial charge in [0, 0.05) is 18.8 Å². The van der Waals surface area contributed by atoms with E-state index in [1.165, 1.54) is 4.90 Å². The van der Waals surface area contributed by atoms with Gasteiger partial charge in [0.1, 0.15) is 11.7 Å². The van der Waals surface area contributed by atoms with Gasteiger partial charge in [-0.3, -0.25) is 14.4 Å². The number of para-hydroxylation sites is 1. The molecule has 3 atom stereocenters. The van der Waals surface area contributed by atoms with Crippen molar-refractivity contribution in [2.24, 2.45) is 5.92 Å². The molecule has 0 spiro atoms. The van der Waals surface area contributed by atoms with Crippen LogP contribution in [0.5, 0.6) is 5.75 Å². The first-order valence-corrected chi connectivity index (χ1v) is 13.0. The summed E-state index contributed by atoms with van der Waals surface area (Å²) in [5.41, 5.74) is 3.38. The predicted octanol–water partition coefficient (Wildman–Crippen LogP) is 5.37. The van der Waals surface area contributed by atoms with E-state index in [4.69, 9.17) is 9.57 Å². The van der Waals surface area contributed by atoms with Gasteiger partial charge in [-0.15, -0.1) is 0 Å². The molecule has 3 aromatic rings. The Hall–Kier alpha value is -3.84. The lowest BCUT2D eigenvalue weighted by Gasteiger charge is -2.29. The number of benzene rings is 3. The van der Waals surface area contributed by atoms with E-state index in [9.17, 15) is 9.59 Å². The van der Waals surface area contributed by atoms with Crippen LogP contribution in [0.1, 0.15) is 38.8 Å². The van der Waals surface area contributed by atoms with Gasteiger partial charge < -0.3 is 9.64 Å². The maximum atomic E-state index is 13.8. The molecular weight excluding hydrogens is 466 g/mol. The van der Waals surface area contributed by atoms with Crippen molar-refractivity contribution in [3.05, 3.63) is 84.4 Å². The fourth-order valence-corrected chi connectivity index (χ4v) is 5.19. The van der Waals surface area contributed by atoms with Crippen LogP contribution in [0.25, 0.3) is 0 Å². The Morgan fingerprint density at radius 2 is 1.49 bits per heavy atom. The maximum Gasteiger partial charge on any atom is 0.266 e. The van der Waals surface area contributed by atoms with E-state index in [2.05, 4.69) is 30.9 Å². The molecule has 37 heavy (non-hydrogen) atoms. The summed E-state index contributed by atoms with van der Waals surface area (Å²) in [7, 11) is 0. The van der Waals surface area contributed by atoms with Crippen LogP contribution in [0.3, 0.4) is 0 Å². The minimum Gasteiger partial charge on any atom is -0.494 e. The summed E-state index contributed by atoms with van der Waals surface area (Å²) in [5, 5.41) is 1.73. The van der Waals surface area contributed by atoms with Gasteiger partial charge in [-0.1, -0.05) is 37.3 Å². The summed E-state index contributed by atoms with van der Waals surface area (Å²) in [6.07, 6.45) is 0.0111. The molecule has 3 aromatic carbocycles. The molecule has 0 saturated carbocycles. The second kappa shape index (κ2) is 10.6. The lowest BCUT2D eigenvalue weighted by molar-refractivity contribution is -0.126. The Kier molecular flexibility index (Phi) is 7.15. The average Bonchev–Trinajstić information content (AvgIpc) is 3.45. The third-order valence-corrected chi connectivity index (χ3v) is 7.06. The topological polar surface area (TPSA) is 62.3 Å². The van der Waals surface area contributed by atoms with Crippen LogP contribution in [0.15, 0.2) is 78.9 Å². The molecule has 0 aliphatic carbocycles. The van der Waals surface area contributed by atoms with Gasteiger partial charge in [0.25, 0.3) is 5.91 Å². The van der Waals surface area contributed by atoms with Gasteiger partial charge in [0.15, 0.2) is 6.10 Å². The van der Waals surface area contributed by atoms with Crippen molar-refractivity contribution < 1.29 is 19.2 Å². The third kappa shape index (κ3) is 4.55. The normalized spacial score (nSPS) is 20.9. The molecule has 0 radical (unpaired) electrons. The predicted molar refractivity (Wildman–Crippen MR) is 145 cm³/mol. The number of amides is 2. The molecule has 2 fully saturated rings. The Morgan fingerprint density at radius 1 is 0.811 bits per heavy atom. The average molecular weight is 500 g/mol. The molecule has 0 unspecified atom stereocenters. The summed E-state index contributed by atoms with van der Waals surface area (Å²) in [6, 6.07) is 24.5. The van der Waals surface area contributed by atoms with Crippen LogP contribution in [0, 0.1) is 5.92 Å². The second-order valence-electron chi connectivity index (χ2n) is 9.28. The van der Waals surface area contributed by atoms with E-state index in [-0.39, 0.29) is 11.8 Å². The summed E-state index contributed by atoms with van der Waals surface area (Å²) in [6.45, 7) is 8.73. The molecule has 2 aliphatic heterocycles. The van der Waals surface area contributed by atoms with Crippen molar-refractivity contribution in [1.82, 2.24) is 0 Å². The van der Waals surface area contributed by atoms with Gasteiger partial charge in [-0.05, 0) is 74.4 Å². The largest absolute Gasteiger partial charge is 0.494 e. The molecule has 0 bridgehead atoms. The number of rotatable bonds is 9. The second-order valence-corrected chi connectivity index (χ2v) is 9.28. The van der Waals surface area contributed by atoms with Gasteiger partial charge >= 0.3 is 0 Å². The molecule has 2 aliphatic rings. The van der Waals surface area contributed by atoms with Crippen LogP contribution in [-0.2, 0) is 14.4 Å². The number of fused-ring (bicyclic) bond motifs is 1. The number of imide groups is 1. The quantitative estimate of drug-likeness (QED) is 0.369. The van der Waals surface area contributed by atoms with E-state index in [0.717, 1.165) is 36.4 Å². The van der Waals surface area contributed by atoms with Crippen molar-refractivity contribution in [2.75, 3.05) is 34.6 Å². The number of carbonyl (C=O) groups excluding carboxylic acids is 2. The molecule has 7 heteroatoms. The fraction of sp³-hybridized carbons (Fsp3) is 0.333. The smallest absolute Gasteiger partial charge is 0.266 e. The van der Waals surface area contributed by atoms with Crippen molar-refractivity contribution in [1.29, 1.82) is 0 Å². The van der Waals surface area contributed by atoms with Gasteiger partial charge in [-0.2, -0.15) is 0 Å². The highest BCUT2D eigenvalue weighted by molar-refractivity contribution is 6.23.